The van der Waals surface area contributed by atoms with E-state index in [1.807, 2.05) is 0 Å². The van der Waals surface area contributed by atoms with Gasteiger partial charge >= 0.3 is 0 Å². The standard InChI is InChI=1S/C18H39NO5/c1-2-3-4-5-6-7-9-20-11-13-22-15-17-24-18-16-23-14-12-21-10-8-19/h2-19H2,1H3. The van der Waals surface area contributed by atoms with E-state index in [1.165, 1.54) is 32.1 Å². The second-order valence-electron chi connectivity index (χ2n) is 5.62. The van der Waals surface area contributed by atoms with Crippen molar-refractivity contribution in [1.82, 2.24) is 0 Å². The molecule has 0 amide bonds. The smallest absolute Gasteiger partial charge is 0.0701 e. The van der Waals surface area contributed by atoms with E-state index in [0.29, 0.717) is 66.0 Å². The van der Waals surface area contributed by atoms with E-state index in [4.69, 9.17) is 29.4 Å². The molecule has 24 heavy (non-hydrogen) atoms. The molecule has 0 spiro atoms. The lowest BCUT2D eigenvalue weighted by Gasteiger charge is -2.07. The number of hydrogen-bond acceptors (Lipinski definition) is 6. The Kier molecular flexibility index (Phi) is 22.5. The molecule has 0 saturated heterocycles. The minimum Gasteiger partial charge on any atom is -0.379 e. The summed E-state index contributed by atoms with van der Waals surface area (Å²) in [6, 6.07) is 0. The van der Waals surface area contributed by atoms with E-state index in [2.05, 4.69) is 6.92 Å². The molecular weight excluding hydrogens is 310 g/mol. The van der Waals surface area contributed by atoms with Gasteiger partial charge < -0.3 is 29.4 Å². The van der Waals surface area contributed by atoms with Gasteiger partial charge in [-0.2, -0.15) is 0 Å². The summed E-state index contributed by atoms with van der Waals surface area (Å²) in [5, 5.41) is 0. The Labute approximate surface area is 148 Å². The van der Waals surface area contributed by atoms with Gasteiger partial charge in [0, 0.05) is 13.2 Å². The third-order valence-corrected chi connectivity index (χ3v) is 3.39. The molecule has 6 heteroatoms. The summed E-state index contributed by atoms with van der Waals surface area (Å²) in [4.78, 5) is 0. The minimum atomic E-state index is 0.549. The first-order valence-electron chi connectivity index (χ1n) is 9.50. The average molecular weight is 350 g/mol. The zero-order valence-electron chi connectivity index (χ0n) is 15.6. The molecule has 0 saturated carbocycles. The molecule has 0 rings (SSSR count). The number of rotatable bonds is 21. The zero-order valence-corrected chi connectivity index (χ0v) is 15.6. The minimum absolute atomic E-state index is 0.549. The van der Waals surface area contributed by atoms with Gasteiger partial charge in [-0.1, -0.05) is 39.0 Å². The van der Waals surface area contributed by atoms with Crippen molar-refractivity contribution in [1.29, 1.82) is 0 Å². The van der Waals surface area contributed by atoms with Crippen LogP contribution in [0.3, 0.4) is 0 Å². The molecule has 6 nitrogen and oxygen atoms in total. The SMILES string of the molecule is CCCCCCCCOCCOCCOCCOCCOCCN. The topological polar surface area (TPSA) is 72.2 Å². The predicted octanol–water partition coefficient (Wildman–Crippen LogP) is 2.39. The summed E-state index contributed by atoms with van der Waals surface area (Å²) in [7, 11) is 0. The van der Waals surface area contributed by atoms with Crippen LogP contribution in [-0.2, 0) is 23.7 Å². The van der Waals surface area contributed by atoms with Crippen molar-refractivity contribution in [3.8, 4) is 0 Å². The number of hydrogen-bond donors (Lipinski definition) is 1. The van der Waals surface area contributed by atoms with Crippen LogP contribution < -0.4 is 5.73 Å². The van der Waals surface area contributed by atoms with Gasteiger partial charge in [0.1, 0.15) is 0 Å². The van der Waals surface area contributed by atoms with Gasteiger partial charge in [0.15, 0.2) is 0 Å². The van der Waals surface area contributed by atoms with Crippen LogP contribution in [0, 0.1) is 0 Å². The quantitative estimate of drug-likeness (QED) is 0.321. The van der Waals surface area contributed by atoms with Gasteiger partial charge in [0.05, 0.1) is 59.5 Å². The van der Waals surface area contributed by atoms with Crippen molar-refractivity contribution in [3.05, 3.63) is 0 Å². The maximum absolute atomic E-state index is 5.53. The number of nitrogens with two attached hydrogens (primary N) is 1. The monoisotopic (exact) mass is 349 g/mol. The summed E-state index contributed by atoms with van der Waals surface area (Å²) in [5.41, 5.74) is 5.30. The third kappa shape index (κ3) is 21.8. The van der Waals surface area contributed by atoms with E-state index >= 15 is 0 Å². The molecule has 0 aliphatic heterocycles. The van der Waals surface area contributed by atoms with Gasteiger partial charge in [-0.3, -0.25) is 0 Å². The van der Waals surface area contributed by atoms with Gasteiger partial charge in [-0.25, -0.2) is 0 Å². The van der Waals surface area contributed by atoms with Gasteiger partial charge in [0.2, 0.25) is 0 Å². The summed E-state index contributed by atoms with van der Waals surface area (Å²) >= 11 is 0. The van der Waals surface area contributed by atoms with Crippen molar-refractivity contribution in [2.24, 2.45) is 5.73 Å². The van der Waals surface area contributed by atoms with Crippen molar-refractivity contribution in [3.63, 3.8) is 0 Å². The second-order valence-corrected chi connectivity index (χ2v) is 5.62. The maximum atomic E-state index is 5.53. The lowest BCUT2D eigenvalue weighted by Crippen LogP contribution is -2.14. The zero-order chi connectivity index (χ0) is 17.6. The van der Waals surface area contributed by atoms with Gasteiger partial charge in [0.25, 0.3) is 0 Å². The first-order valence-corrected chi connectivity index (χ1v) is 9.50. The molecule has 0 bridgehead atoms. The molecule has 0 aliphatic carbocycles. The van der Waals surface area contributed by atoms with Crippen LogP contribution in [0.25, 0.3) is 0 Å². The van der Waals surface area contributed by atoms with Crippen LogP contribution in [0.15, 0.2) is 0 Å². The number of unbranched alkanes of at least 4 members (excludes halogenated alkanes) is 5. The highest BCUT2D eigenvalue weighted by Crippen LogP contribution is 2.04. The van der Waals surface area contributed by atoms with Crippen molar-refractivity contribution in [2.75, 3.05) is 72.6 Å². The summed E-state index contributed by atoms with van der Waals surface area (Å²) in [6.45, 7) is 9.02. The Bertz CT molecular complexity index is 198. The van der Waals surface area contributed by atoms with Crippen molar-refractivity contribution in [2.45, 2.75) is 45.4 Å². The molecule has 0 aromatic carbocycles. The largest absolute Gasteiger partial charge is 0.379 e. The third-order valence-electron chi connectivity index (χ3n) is 3.39. The van der Waals surface area contributed by atoms with Crippen molar-refractivity contribution >= 4 is 0 Å². The fraction of sp³-hybridized carbons (Fsp3) is 1.00. The van der Waals surface area contributed by atoms with Crippen LogP contribution >= 0.6 is 0 Å². The Hall–Kier alpha value is -0.240. The molecule has 0 fully saturated rings. The molecule has 0 atom stereocenters. The van der Waals surface area contributed by atoms with Crippen LogP contribution in [0.4, 0.5) is 0 Å². The second kappa shape index (κ2) is 22.8. The highest BCUT2D eigenvalue weighted by molar-refractivity contribution is 4.43. The highest BCUT2D eigenvalue weighted by atomic mass is 16.6. The first kappa shape index (κ1) is 23.8. The van der Waals surface area contributed by atoms with E-state index in [-0.39, 0.29) is 0 Å². The normalized spacial score (nSPS) is 11.2. The molecule has 0 aromatic rings. The van der Waals surface area contributed by atoms with Gasteiger partial charge in [-0.05, 0) is 6.42 Å². The fourth-order valence-electron chi connectivity index (χ4n) is 2.05. The molecule has 0 radical (unpaired) electrons. The lowest BCUT2D eigenvalue weighted by molar-refractivity contribution is -0.0107. The maximum Gasteiger partial charge on any atom is 0.0701 e. The Morgan fingerprint density at radius 2 is 0.833 bits per heavy atom. The van der Waals surface area contributed by atoms with E-state index < -0.39 is 0 Å². The van der Waals surface area contributed by atoms with Crippen molar-refractivity contribution < 1.29 is 23.7 Å². The van der Waals surface area contributed by atoms with Gasteiger partial charge in [-0.15, -0.1) is 0 Å². The Morgan fingerprint density at radius 1 is 0.458 bits per heavy atom. The van der Waals surface area contributed by atoms with Crippen LogP contribution in [0.2, 0.25) is 0 Å². The summed E-state index contributed by atoms with van der Waals surface area (Å²) < 4.78 is 26.9. The average Bonchev–Trinajstić information content (AvgIpc) is 2.60. The van der Waals surface area contributed by atoms with E-state index in [0.717, 1.165) is 13.0 Å². The fourth-order valence-corrected chi connectivity index (χ4v) is 2.05. The Balaban J connectivity index is 2.93. The molecule has 2 N–H and O–H groups in total. The summed E-state index contributed by atoms with van der Waals surface area (Å²) in [6.07, 6.45) is 7.77. The summed E-state index contributed by atoms with van der Waals surface area (Å²) in [5.74, 6) is 0. The van der Waals surface area contributed by atoms with E-state index in [1.54, 1.807) is 0 Å². The first-order chi connectivity index (χ1) is 11.9. The molecule has 0 aliphatic rings. The molecule has 0 unspecified atom stereocenters. The predicted molar refractivity (Wildman–Crippen MR) is 96.5 cm³/mol. The van der Waals surface area contributed by atoms with Crippen LogP contribution in [0.1, 0.15) is 45.4 Å². The number of ether oxygens (including phenoxy) is 5. The van der Waals surface area contributed by atoms with Crippen LogP contribution in [0.5, 0.6) is 0 Å². The van der Waals surface area contributed by atoms with E-state index in [9.17, 15) is 0 Å². The highest BCUT2D eigenvalue weighted by Gasteiger charge is 1.94. The molecule has 0 heterocycles. The Morgan fingerprint density at radius 3 is 1.29 bits per heavy atom. The molecule has 0 aromatic heterocycles. The molecule has 146 valence electrons. The van der Waals surface area contributed by atoms with Crippen LogP contribution in [-0.4, -0.2) is 72.6 Å². The lowest BCUT2D eigenvalue weighted by atomic mass is 10.1. The molecular formula is C18H39NO5.